The van der Waals surface area contributed by atoms with Crippen LogP contribution >= 0.6 is 0 Å². The molecule has 0 fully saturated rings. The topological polar surface area (TPSA) is 89.3 Å². The summed E-state index contributed by atoms with van der Waals surface area (Å²) in [5, 5.41) is 8.24. The van der Waals surface area contributed by atoms with Crippen molar-refractivity contribution in [3.8, 4) is 0 Å². The summed E-state index contributed by atoms with van der Waals surface area (Å²) in [6.45, 7) is 0.501. The lowest BCUT2D eigenvalue weighted by Gasteiger charge is -2.02. The number of carboxylic acids is 1. The average molecular weight is 166 g/mol. The van der Waals surface area contributed by atoms with Crippen molar-refractivity contribution in [2.45, 2.75) is 18.9 Å². The fourth-order valence-electron chi connectivity index (χ4n) is 0.461. The molecule has 68 valence electrons. The highest BCUT2D eigenvalue weighted by atomic mass is 19.1. The molecule has 0 radical (unpaired) electrons. The van der Waals surface area contributed by atoms with Crippen molar-refractivity contribution in [2.24, 2.45) is 11.5 Å². The summed E-state index contributed by atoms with van der Waals surface area (Å²) >= 11 is 0. The zero-order chi connectivity index (χ0) is 9.28. The van der Waals surface area contributed by atoms with Gasteiger partial charge in [0.25, 0.3) is 0 Å². The maximum atomic E-state index is 10.0. The predicted octanol–water partition coefficient (Wildman–Crippen LogP) is -0.277. The van der Waals surface area contributed by atoms with Crippen LogP contribution in [-0.4, -0.2) is 30.8 Å². The number of nitrogens with two attached hydrogens (primary N) is 2. The largest absolute Gasteiger partial charge is 0.480 e. The monoisotopic (exact) mass is 166 g/mol. The molecule has 0 spiro atoms. The lowest BCUT2D eigenvalue weighted by molar-refractivity contribution is -0.138. The van der Waals surface area contributed by atoms with Gasteiger partial charge in [-0.05, 0) is 19.4 Å². The first-order valence-electron chi connectivity index (χ1n) is 3.24. The normalized spacial score (nSPS) is 11.3. The standard InChI is InChI=1S/C5H12N2O2.CH3F/c6-3-1-2-4(7)5(8)9;1-2/h4H,1-3,6-7H2,(H,8,9);1H3. The van der Waals surface area contributed by atoms with Crippen LogP contribution in [0.15, 0.2) is 0 Å². The molecular weight excluding hydrogens is 151 g/mol. The second kappa shape index (κ2) is 9.32. The number of aliphatic carboxylic acids is 1. The van der Waals surface area contributed by atoms with Crippen molar-refractivity contribution in [2.75, 3.05) is 13.7 Å². The Kier molecular flexibility index (Phi) is 11.0. The molecule has 0 aromatic heterocycles. The molecule has 0 aliphatic heterocycles. The van der Waals surface area contributed by atoms with Crippen molar-refractivity contribution in [1.82, 2.24) is 0 Å². The SMILES string of the molecule is CF.NCCCC(N)C(=O)O. The Balaban J connectivity index is 0. The molecular formula is C6H15FN2O2. The highest BCUT2D eigenvalue weighted by Gasteiger charge is 2.08. The van der Waals surface area contributed by atoms with E-state index in [0.717, 1.165) is 0 Å². The Bertz CT molecular complexity index is 101. The zero-order valence-electron chi connectivity index (χ0n) is 6.59. The minimum absolute atomic E-state index is 0.464. The molecule has 0 rings (SSSR count). The van der Waals surface area contributed by atoms with Crippen molar-refractivity contribution in [3.63, 3.8) is 0 Å². The zero-order valence-corrected chi connectivity index (χ0v) is 6.59. The van der Waals surface area contributed by atoms with Crippen LogP contribution in [0.1, 0.15) is 12.8 Å². The Labute approximate surface area is 65.4 Å². The van der Waals surface area contributed by atoms with E-state index in [1.54, 1.807) is 0 Å². The molecule has 4 nitrogen and oxygen atoms in total. The van der Waals surface area contributed by atoms with Gasteiger partial charge in [-0.2, -0.15) is 0 Å². The van der Waals surface area contributed by atoms with Gasteiger partial charge in [0, 0.05) is 0 Å². The van der Waals surface area contributed by atoms with Gasteiger partial charge < -0.3 is 16.6 Å². The van der Waals surface area contributed by atoms with E-state index in [9.17, 15) is 9.18 Å². The van der Waals surface area contributed by atoms with Crippen LogP contribution in [-0.2, 0) is 4.79 Å². The minimum atomic E-state index is -0.955. The van der Waals surface area contributed by atoms with E-state index in [2.05, 4.69) is 0 Å². The smallest absolute Gasteiger partial charge is 0.320 e. The highest BCUT2D eigenvalue weighted by Crippen LogP contribution is 1.91. The first-order chi connectivity index (χ1) is 5.18. The molecule has 0 amide bonds. The molecule has 0 heterocycles. The van der Waals surface area contributed by atoms with Crippen LogP contribution in [0.3, 0.4) is 0 Å². The molecule has 0 saturated carbocycles. The van der Waals surface area contributed by atoms with Gasteiger partial charge in [0.05, 0.1) is 7.18 Å². The summed E-state index contributed by atoms with van der Waals surface area (Å²) in [6, 6.07) is -0.742. The van der Waals surface area contributed by atoms with Crippen LogP contribution in [0, 0.1) is 0 Å². The predicted molar refractivity (Wildman–Crippen MR) is 40.9 cm³/mol. The van der Waals surface area contributed by atoms with E-state index in [4.69, 9.17) is 16.6 Å². The Morgan fingerprint density at radius 3 is 2.36 bits per heavy atom. The number of rotatable bonds is 4. The fourth-order valence-corrected chi connectivity index (χ4v) is 0.461. The first-order valence-corrected chi connectivity index (χ1v) is 3.24. The van der Waals surface area contributed by atoms with E-state index in [-0.39, 0.29) is 0 Å². The number of halogens is 1. The van der Waals surface area contributed by atoms with Gasteiger partial charge in [0.2, 0.25) is 0 Å². The maximum Gasteiger partial charge on any atom is 0.320 e. The van der Waals surface area contributed by atoms with Gasteiger partial charge in [-0.1, -0.05) is 0 Å². The van der Waals surface area contributed by atoms with E-state index in [1.807, 2.05) is 0 Å². The minimum Gasteiger partial charge on any atom is -0.480 e. The van der Waals surface area contributed by atoms with E-state index < -0.39 is 12.0 Å². The van der Waals surface area contributed by atoms with Crippen LogP contribution in [0.2, 0.25) is 0 Å². The van der Waals surface area contributed by atoms with E-state index in [0.29, 0.717) is 26.6 Å². The van der Waals surface area contributed by atoms with Gasteiger partial charge >= 0.3 is 5.97 Å². The molecule has 5 N–H and O–H groups in total. The summed E-state index contributed by atoms with van der Waals surface area (Å²) in [5.74, 6) is -0.955. The molecule has 0 aromatic rings. The summed E-state index contributed by atoms with van der Waals surface area (Å²) in [6.07, 6.45) is 1.14. The number of alkyl halides is 1. The average Bonchev–Trinajstić information content (AvgIpc) is 2.03. The molecule has 5 heteroatoms. The Hall–Kier alpha value is -0.680. The van der Waals surface area contributed by atoms with Crippen molar-refractivity contribution >= 4 is 5.97 Å². The van der Waals surface area contributed by atoms with Crippen LogP contribution < -0.4 is 11.5 Å². The molecule has 0 aromatic carbocycles. The van der Waals surface area contributed by atoms with Gasteiger partial charge in [0.1, 0.15) is 6.04 Å². The van der Waals surface area contributed by atoms with E-state index in [1.165, 1.54) is 0 Å². The van der Waals surface area contributed by atoms with Gasteiger partial charge in [-0.25, -0.2) is 0 Å². The number of carboxylic acid groups (broad SMARTS) is 1. The first kappa shape index (κ1) is 12.9. The lowest BCUT2D eigenvalue weighted by atomic mass is 10.2. The third-order valence-electron chi connectivity index (χ3n) is 1.04. The second-order valence-electron chi connectivity index (χ2n) is 1.88. The molecule has 0 saturated heterocycles. The summed E-state index contributed by atoms with van der Waals surface area (Å²) in [5.41, 5.74) is 10.3. The quantitative estimate of drug-likeness (QED) is 0.536. The van der Waals surface area contributed by atoms with Gasteiger partial charge in [-0.3, -0.25) is 9.18 Å². The van der Waals surface area contributed by atoms with Crippen molar-refractivity contribution in [1.29, 1.82) is 0 Å². The van der Waals surface area contributed by atoms with Gasteiger partial charge in [-0.15, -0.1) is 0 Å². The molecule has 1 atom stereocenters. The number of hydrogen-bond donors (Lipinski definition) is 3. The summed E-state index contributed by atoms with van der Waals surface area (Å²) in [4.78, 5) is 10.0. The molecule has 11 heavy (non-hydrogen) atoms. The fraction of sp³-hybridized carbons (Fsp3) is 0.833. The Morgan fingerprint density at radius 2 is 2.09 bits per heavy atom. The third kappa shape index (κ3) is 9.32. The molecule has 0 bridgehead atoms. The summed E-state index contributed by atoms with van der Waals surface area (Å²) in [7, 11) is 0.500. The molecule has 1 unspecified atom stereocenters. The maximum absolute atomic E-state index is 10.0. The number of carbonyl (C=O) groups is 1. The van der Waals surface area contributed by atoms with Crippen LogP contribution in [0.5, 0.6) is 0 Å². The molecule has 0 aliphatic carbocycles. The van der Waals surface area contributed by atoms with Crippen LogP contribution in [0.25, 0.3) is 0 Å². The lowest BCUT2D eigenvalue weighted by Crippen LogP contribution is -2.30. The highest BCUT2D eigenvalue weighted by molar-refractivity contribution is 5.72. The summed E-state index contributed by atoms with van der Waals surface area (Å²) < 4.78 is 9.50. The van der Waals surface area contributed by atoms with Gasteiger partial charge in [0.15, 0.2) is 0 Å². The molecule has 0 aliphatic rings. The second-order valence-corrected chi connectivity index (χ2v) is 1.88. The van der Waals surface area contributed by atoms with Crippen LogP contribution in [0.4, 0.5) is 4.39 Å². The van der Waals surface area contributed by atoms with Crippen molar-refractivity contribution in [3.05, 3.63) is 0 Å². The Morgan fingerprint density at radius 1 is 1.64 bits per heavy atom. The number of hydrogen-bond acceptors (Lipinski definition) is 3. The third-order valence-corrected chi connectivity index (χ3v) is 1.04. The van der Waals surface area contributed by atoms with Crippen molar-refractivity contribution < 1.29 is 14.3 Å². The van der Waals surface area contributed by atoms with E-state index >= 15 is 0 Å².